The lowest BCUT2D eigenvalue weighted by Gasteiger charge is -2.13. The normalized spacial score (nSPS) is 12.8. The molecule has 0 aromatic heterocycles. The third-order valence-electron chi connectivity index (χ3n) is 4.06. The summed E-state index contributed by atoms with van der Waals surface area (Å²) in [4.78, 5) is 0. The Morgan fingerprint density at radius 3 is 1.94 bits per heavy atom. The van der Waals surface area contributed by atoms with Gasteiger partial charge >= 0.3 is 0 Å². The Bertz CT molecular complexity index is 139. The maximum absolute atomic E-state index is 2.57. The third-order valence-corrected chi connectivity index (χ3v) is 4.06. The lowest BCUT2D eigenvalue weighted by atomic mass is 9.93. The monoisotopic (exact) mass is 253 g/mol. The Labute approximate surface area is 117 Å². The number of hydrogen-bond donors (Lipinski definition) is 0. The molecule has 0 saturated carbocycles. The molecule has 0 amide bonds. The minimum atomic E-state index is 0.967. The molecule has 0 heteroatoms. The van der Waals surface area contributed by atoms with Crippen LogP contribution in [-0.4, -0.2) is 0 Å². The van der Waals surface area contributed by atoms with E-state index in [2.05, 4.69) is 27.2 Å². The van der Waals surface area contributed by atoms with Gasteiger partial charge in [0, 0.05) is 0 Å². The van der Waals surface area contributed by atoms with Crippen molar-refractivity contribution in [2.75, 3.05) is 0 Å². The first-order chi connectivity index (χ1) is 8.85. The highest BCUT2D eigenvalue weighted by Crippen LogP contribution is 2.20. The van der Waals surface area contributed by atoms with E-state index in [9.17, 15) is 0 Å². The molecule has 0 bridgehead atoms. The smallest absolute Gasteiger partial charge is 0.0383 e. The number of rotatable bonds is 14. The maximum atomic E-state index is 2.57. The number of hydrogen-bond acceptors (Lipinski definition) is 0. The van der Waals surface area contributed by atoms with Crippen LogP contribution in [0.2, 0.25) is 0 Å². The van der Waals surface area contributed by atoms with Crippen LogP contribution in [0.25, 0.3) is 0 Å². The first-order valence-electron chi connectivity index (χ1n) is 8.66. The molecular formula is C18H37. The van der Waals surface area contributed by atoms with Crippen LogP contribution in [0.4, 0.5) is 0 Å². The maximum Gasteiger partial charge on any atom is -0.0383 e. The quantitative estimate of drug-likeness (QED) is 0.294. The standard InChI is InChI=1S/C18H37/c1-4-7-9-10-11-12-13-14-15-17-18(6-3)16-8-5-2/h15,18H,4-14,16-17H2,1-3H3. The molecule has 0 heterocycles. The van der Waals surface area contributed by atoms with Gasteiger partial charge in [0.05, 0.1) is 0 Å². The Morgan fingerprint density at radius 1 is 0.722 bits per heavy atom. The molecule has 0 aromatic carbocycles. The van der Waals surface area contributed by atoms with E-state index in [1.807, 2.05) is 0 Å². The largest absolute Gasteiger partial charge is 0.0654 e. The fourth-order valence-corrected chi connectivity index (χ4v) is 2.58. The Hall–Kier alpha value is 0. The molecule has 0 saturated heterocycles. The van der Waals surface area contributed by atoms with Gasteiger partial charge in [-0.2, -0.15) is 0 Å². The molecule has 0 aliphatic heterocycles. The average Bonchev–Trinajstić information content (AvgIpc) is 2.40. The molecule has 0 aliphatic rings. The first kappa shape index (κ1) is 18.0. The van der Waals surface area contributed by atoms with Gasteiger partial charge < -0.3 is 0 Å². The molecule has 0 N–H and O–H groups in total. The summed E-state index contributed by atoms with van der Waals surface area (Å²) < 4.78 is 0. The van der Waals surface area contributed by atoms with E-state index in [0.717, 1.165) is 5.92 Å². The van der Waals surface area contributed by atoms with Gasteiger partial charge in [-0.3, -0.25) is 0 Å². The van der Waals surface area contributed by atoms with E-state index in [4.69, 9.17) is 0 Å². The minimum absolute atomic E-state index is 0.967. The van der Waals surface area contributed by atoms with Crippen molar-refractivity contribution in [3.63, 3.8) is 0 Å². The molecule has 0 fully saturated rings. The molecule has 0 aliphatic carbocycles. The van der Waals surface area contributed by atoms with Crippen molar-refractivity contribution in [2.45, 2.75) is 104 Å². The van der Waals surface area contributed by atoms with Crippen molar-refractivity contribution in [2.24, 2.45) is 5.92 Å². The second kappa shape index (κ2) is 15.1. The summed E-state index contributed by atoms with van der Waals surface area (Å²) in [5.41, 5.74) is 0. The zero-order chi connectivity index (χ0) is 13.5. The Kier molecular flexibility index (Phi) is 15.1. The van der Waals surface area contributed by atoms with Crippen LogP contribution in [0.3, 0.4) is 0 Å². The summed E-state index contributed by atoms with van der Waals surface area (Å²) in [6.07, 6.45) is 20.9. The van der Waals surface area contributed by atoms with Gasteiger partial charge in [-0.05, 0) is 18.8 Å². The summed E-state index contributed by atoms with van der Waals surface area (Å²) in [5.74, 6) is 0.967. The van der Waals surface area contributed by atoms with Crippen molar-refractivity contribution < 1.29 is 0 Å². The molecule has 0 nitrogen and oxygen atoms in total. The van der Waals surface area contributed by atoms with Gasteiger partial charge in [0.25, 0.3) is 0 Å². The van der Waals surface area contributed by atoms with E-state index in [1.165, 1.54) is 83.5 Å². The first-order valence-corrected chi connectivity index (χ1v) is 8.66. The van der Waals surface area contributed by atoms with Crippen LogP contribution in [-0.2, 0) is 0 Å². The van der Waals surface area contributed by atoms with Gasteiger partial charge in [-0.25, -0.2) is 0 Å². The second-order valence-corrected chi connectivity index (χ2v) is 5.85. The highest BCUT2D eigenvalue weighted by molar-refractivity contribution is 4.70. The topological polar surface area (TPSA) is 0 Å². The van der Waals surface area contributed by atoms with Crippen LogP contribution < -0.4 is 0 Å². The molecular weight excluding hydrogens is 216 g/mol. The highest BCUT2D eigenvalue weighted by Gasteiger charge is 2.05. The predicted octanol–water partition coefficient (Wildman–Crippen LogP) is 6.94. The zero-order valence-electron chi connectivity index (χ0n) is 13.3. The summed E-state index contributed by atoms with van der Waals surface area (Å²) in [6, 6.07) is 0. The lowest BCUT2D eigenvalue weighted by molar-refractivity contribution is 0.437. The second-order valence-electron chi connectivity index (χ2n) is 5.85. The van der Waals surface area contributed by atoms with Gasteiger partial charge in [0.2, 0.25) is 0 Å². The van der Waals surface area contributed by atoms with E-state index < -0.39 is 0 Å². The van der Waals surface area contributed by atoms with Gasteiger partial charge in [0.1, 0.15) is 0 Å². The molecule has 0 aromatic rings. The average molecular weight is 253 g/mol. The fourth-order valence-electron chi connectivity index (χ4n) is 2.58. The molecule has 1 radical (unpaired) electrons. The van der Waals surface area contributed by atoms with E-state index in [-0.39, 0.29) is 0 Å². The Balaban J connectivity index is 3.17. The number of unbranched alkanes of at least 4 members (excludes halogenated alkanes) is 9. The van der Waals surface area contributed by atoms with Crippen LogP contribution in [0, 0.1) is 12.3 Å². The van der Waals surface area contributed by atoms with Crippen LogP contribution in [0.1, 0.15) is 104 Å². The van der Waals surface area contributed by atoms with Crippen LogP contribution >= 0.6 is 0 Å². The van der Waals surface area contributed by atoms with E-state index >= 15 is 0 Å². The van der Waals surface area contributed by atoms with Gasteiger partial charge in [-0.1, -0.05) is 97.8 Å². The molecule has 0 rings (SSSR count). The third kappa shape index (κ3) is 12.5. The lowest BCUT2D eigenvalue weighted by Crippen LogP contribution is -1.99. The van der Waals surface area contributed by atoms with Crippen LogP contribution in [0.15, 0.2) is 0 Å². The van der Waals surface area contributed by atoms with Crippen molar-refractivity contribution in [1.82, 2.24) is 0 Å². The predicted molar refractivity (Wildman–Crippen MR) is 84.8 cm³/mol. The van der Waals surface area contributed by atoms with Crippen molar-refractivity contribution >= 4 is 0 Å². The Morgan fingerprint density at radius 2 is 1.33 bits per heavy atom. The molecule has 1 atom stereocenters. The molecule has 18 heavy (non-hydrogen) atoms. The van der Waals surface area contributed by atoms with Crippen molar-refractivity contribution in [1.29, 1.82) is 0 Å². The minimum Gasteiger partial charge on any atom is -0.0654 e. The molecule has 1 unspecified atom stereocenters. The summed E-state index contributed by atoms with van der Waals surface area (Å²) >= 11 is 0. The fraction of sp³-hybridized carbons (Fsp3) is 0.944. The van der Waals surface area contributed by atoms with Crippen LogP contribution in [0.5, 0.6) is 0 Å². The molecule has 0 spiro atoms. The summed E-state index contributed by atoms with van der Waals surface area (Å²) in [5, 5.41) is 0. The van der Waals surface area contributed by atoms with Gasteiger partial charge in [0.15, 0.2) is 0 Å². The van der Waals surface area contributed by atoms with E-state index in [1.54, 1.807) is 0 Å². The SMILES string of the molecule is CCCCCCCCC[CH]CC(CC)CCCC. The summed E-state index contributed by atoms with van der Waals surface area (Å²) in [7, 11) is 0. The van der Waals surface area contributed by atoms with E-state index in [0.29, 0.717) is 0 Å². The highest BCUT2D eigenvalue weighted by atomic mass is 14.1. The zero-order valence-corrected chi connectivity index (χ0v) is 13.3. The summed E-state index contributed by atoms with van der Waals surface area (Å²) in [6.45, 7) is 6.94. The molecule has 109 valence electrons. The van der Waals surface area contributed by atoms with Crippen molar-refractivity contribution in [3.8, 4) is 0 Å². The van der Waals surface area contributed by atoms with Gasteiger partial charge in [-0.15, -0.1) is 0 Å². The van der Waals surface area contributed by atoms with Crippen molar-refractivity contribution in [3.05, 3.63) is 6.42 Å².